The van der Waals surface area contributed by atoms with Crippen molar-refractivity contribution in [3.8, 4) is 0 Å². The van der Waals surface area contributed by atoms with Gasteiger partial charge in [-0.25, -0.2) is 4.39 Å². The zero-order chi connectivity index (χ0) is 21.8. The van der Waals surface area contributed by atoms with Crippen LogP contribution in [0.3, 0.4) is 0 Å². The van der Waals surface area contributed by atoms with Crippen molar-refractivity contribution in [3.63, 3.8) is 0 Å². The van der Waals surface area contributed by atoms with E-state index in [-0.39, 0.29) is 24.3 Å². The quantitative estimate of drug-likeness (QED) is 0.617. The molecule has 2 aromatic rings. The molecule has 1 aliphatic carbocycles. The number of halogens is 1. The highest BCUT2D eigenvalue weighted by Crippen LogP contribution is 2.37. The molecule has 0 radical (unpaired) electrons. The van der Waals surface area contributed by atoms with Crippen LogP contribution in [0.2, 0.25) is 0 Å². The summed E-state index contributed by atoms with van der Waals surface area (Å²) >= 11 is 0. The van der Waals surface area contributed by atoms with E-state index in [9.17, 15) is 19.4 Å². The molecule has 168 valence electrons. The summed E-state index contributed by atoms with van der Waals surface area (Å²) in [4.78, 5) is 12.4. The largest absolute Gasteiger partial charge is 0.394 e. The lowest BCUT2D eigenvalue weighted by molar-refractivity contribution is -0.0912. The van der Waals surface area contributed by atoms with E-state index < -0.39 is 23.4 Å². The molecule has 31 heavy (non-hydrogen) atoms. The van der Waals surface area contributed by atoms with Gasteiger partial charge in [0.2, 0.25) is 0 Å². The molecule has 0 unspecified atom stereocenters. The van der Waals surface area contributed by atoms with Crippen LogP contribution >= 0.6 is 0 Å². The minimum atomic E-state index is -0.856. The fourth-order valence-corrected chi connectivity index (χ4v) is 4.51. The Labute approximate surface area is 180 Å². The number of aryl methyl sites for hydroxylation is 1. The molecule has 3 N–H and O–H groups in total. The van der Waals surface area contributed by atoms with Gasteiger partial charge in [-0.2, -0.15) is 0 Å². The van der Waals surface area contributed by atoms with Gasteiger partial charge in [0.05, 0.1) is 30.5 Å². The highest BCUT2D eigenvalue weighted by Gasteiger charge is 2.36. The number of carbonyl (C=O) groups excluding carboxylic acids is 1. The first-order chi connectivity index (χ1) is 15.0. The van der Waals surface area contributed by atoms with Gasteiger partial charge in [0.1, 0.15) is 23.2 Å². The van der Waals surface area contributed by atoms with Gasteiger partial charge in [-0.3, -0.25) is 9.48 Å². The van der Waals surface area contributed by atoms with Crippen LogP contribution in [-0.4, -0.2) is 56.0 Å². The lowest BCUT2D eigenvalue weighted by atomic mass is 9.96. The lowest BCUT2D eigenvalue weighted by Gasteiger charge is -2.36. The predicted octanol–water partition coefficient (Wildman–Crippen LogP) is 1.91. The van der Waals surface area contributed by atoms with Crippen LogP contribution in [0.1, 0.15) is 61.0 Å². The van der Waals surface area contributed by atoms with E-state index in [0.717, 1.165) is 25.7 Å². The third-order valence-electron chi connectivity index (χ3n) is 6.36. The SMILES string of the molecule is O=C(N[C@H]1CC[C@@H](CCn2cc(C3(O)CCCC3)nn2)O[C@H]1CO)c1ccccc1F. The lowest BCUT2D eigenvalue weighted by Crippen LogP contribution is -2.51. The highest BCUT2D eigenvalue weighted by molar-refractivity contribution is 5.94. The molecule has 1 saturated heterocycles. The minimum Gasteiger partial charge on any atom is -0.394 e. The van der Waals surface area contributed by atoms with E-state index in [1.807, 2.05) is 0 Å². The van der Waals surface area contributed by atoms with Gasteiger partial charge in [0, 0.05) is 6.54 Å². The summed E-state index contributed by atoms with van der Waals surface area (Å²) in [5, 5.41) is 31.5. The fraction of sp³-hybridized carbons (Fsp3) is 0.591. The van der Waals surface area contributed by atoms with Crippen LogP contribution in [0.15, 0.2) is 30.5 Å². The monoisotopic (exact) mass is 432 g/mol. The molecule has 1 aliphatic heterocycles. The summed E-state index contributed by atoms with van der Waals surface area (Å²) in [6.45, 7) is 0.345. The Morgan fingerprint density at radius 3 is 2.81 bits per heavy atom. The Hall–Kier alpha value is -2.36. The first-order valence-corrected chi connectivity index (χ1v) is 10.9. The molecule has 0 bridgehead atoms. The van der Waals surface area contributed by atoms with Crippen molar-refractivity contribution in [1.29, 1.82) is 0 Å². The van der Waals surface area contributed by atoms with Crippen molar-refractivity contribution >= 4 is 5.91 Å². The van der Waals surface area contributed by atoms with E-state index in [0.29, 0.717) is 31.5 Å². The molecule has 1 amide bonds. The Morgan fingerprint density at radius 1 is 1.29 bits per heavy atom. The van der Waals surface area contributed by atoms with Crippen molar-refractivity contribution in [2.75, 3.05) is 6.61 Å². The van der Waals surface area contributed by atoms with E-state index in [1.54, 1.807) is 16.9 Å². The number of benzene rings is 1. The van der Waals surface area contributed by atoms with Gasteiger partial charge in [-0.15, -0.1) is 5.10 Å². The second-order valence-electron chi connectivity index (χ2n) is 8.51. The number of amides is 1. The van der Waals surface area contributed by atoms with Crippen LogP contribution in [0.25, 0.3) is 0 Å². The standard InChI is InChI=1S/C22H29FN4O4/c23-17-6-2-1-5-16(17)21(29)24-18-8-7-15(31-19(18)14-28)9-12-27-13-20(25-26-27)22(30)10-3-4-11-22/h1-2,5-6,13,15,18-19,28,30H,3-4,7-12,14H2,(H,24,29)/t15-,18-,19-/m0/s1. The first kappa shape index (κ1) is 21.9. The third kappa shape index (κ3) is 4.94. The molecule has 1 aromatic carbocycles. The van der Waals surface area contributed by atoms with Crippen molar-refractivity contribution in [2.24, 2.45) is 0 Å². The number of rotatable bonds is 7. The predicted molar refractivity (Wildman–Crippen MR) is 110 cm³/mol. The maximum absolute atomic E-state index is 13.9. The van der Waals surface area contributed by atoms with Crippen LogP contribution in [0.4, 0.5) is 4.39 Å². The zero-order valence-electron chi connectivity index (χ0n) is 17.4. The number of nitrogens with one attached hydrogen (secondary N) is 1. The molecular weight excluding hydrogens is 403 g/mol. The fourth-order valence-electron chi connectivity index (χ4n) is 4.51. The van der Waals surface area contributed by atoms with Gasteiger partial charge >= 0.3 is 0 Å². The van der Waals surface area contributed by atoms with Gasteiger partial charge in [0.15, 0.2) is 0 Å². The normalized spacial score (nSPS) is 25.5. The van der Waals surface area contributed by atoms with E-state index in [2.05, 4.69) is 15.6 Å². The van der Waals surface area contributed by atoms with Gasteiger partial charge in [-0.05, 0) is 44.2 Å². The molecule has 2 heterocycles. The summed E-state index contributed by atoms with van der Waals surface area (Å²) < 4.78 is 21.6. The van der Waals surface area contributed by atoms with Crippen molar-refractivity contribution in [3.05, 3.63) is 47.5 Å². The molecule has 1 saturated carbocycles. The van der Waals surface area contributed by atoms with Gasteiger partial charge < -0.3 is 20.3 Å². The van der Waals surface area contributed by atoms with Crippen molar-refractivity contribution in [1.82, 2.24) is 20.3 Å². The third-order valence-corrected chi connectivity index (χ3v) is 6.36. The Balaban J connectivity index is 1.29. The summed E-state index contributed by atoms with van der Waals surface area (Å²) in [6.07, 6.45) is 6.57. The minimum absolute atomic E-state index is 0.0211. The average molecular weight is 432 g/mol. The molecule has 1 aromatic heterocycles. The Morgan fingerprint density at radius 2 is 2.06 bits per heavy atom. The zero-order valence-corrected chi connectivity index (χ0v) is 17.4. The topological polar surface area (TPSA) is 110 Å². The van der Waals surface area contributed by atoms with E-state index in [1.165, 1.54) is 18.2 Å². The number of aromatic nitrogens is 3. The van der Waals surface area contributed by atoms with E-state index >= 15 is 0 Å². The summed E-state index contributed by atoms with van der Waals surface area (Å²) in [5.41, 5.74) is -0.253. The second kappa shape index (κ2) is 9.42. The number of hydrogen-bond acceptors (Lipinski definition) is 6. The van der Waals surface area contributed by atoms with Crippen molar-refractivity contribution < 1.29 is 24.1 Å². The first-order valence-electron chi connectivity index (χ1n) is 10.9. The molecule has 2 fully saturated rings. The molecular formula is C22H29FN4O4. The van der Waals surface area contributed by atoms with Crippen LogP contribution in [0.5, 0.6) is 0 Å². The van der Waals surface area contributed by atoms with Gasteiger partial charge in [0.25, 0.3) is 5.91 Å². The Kier molecular flexibility index (Phi) is 6.64. The maximum Gasteiger partial charge on any atom is 0.254 e. The number of nitrogens with zero attached hydrogens (tertiary/aromatic N) is 3. The summed E-state index contributed by atoms with van der Waals surface area (Å²) in [6, 6.07) is 5.42. The number of aliphatic hydroxyl groups is 2. The summed E-state index contributed by atoms with van der Waals surface area (Å²) in [5.74, 6) is -1.09. The molecule has 4 rings (SSSR count). The number of aliphatic hydroxyl groups excluding tert-OH is 1. The maximum atomic E-state index is 13.9. The van der Waals surface area contributed by atoms with E-state index in [4.69, 9.17) is 4.74 Å². The molecule has 0 spiro atoms. The molecule has 3 atom stereocenters. The molecule has 8 nitrogen and oxygen atoms in total. The molecule has 2 aliphatic rings. The molecule has 9 heteroatoms. The van der Waals surface area contributed by atoms with Crippen LogP contribution in [0, 0.1) is 5.82 Å². The smallest absolute Gasteiger partial charge is 0.254 e. The van der Waals surface area contributed by atoms with Crippen LogP contribution in [-0.2, 0) is 16.9 Å². The second-order valence-corrected chi connectivity index (χ2v) is 8.51. The highest BCUT2D eigenvalue weighted by atomic mass is 19.1. The van der Waals surface area contributed by atoms with Crippen molar-refractivity contribution in [2.45, 2.75) is 75.3 Å². The number of hydrogen-bond donors (Lipinski definition) is 3. The number of ether oxygens (including phenoxy) is 1. The Bertz CT molecular complexity index is 899. The summed E-state index contributed by atoms with van der Waals surface area (Å²) in [7, 11) is 0. The number of carbonyl (C=O) groups is 1. The van der Waals surface area contributed by atoms with Gasteiger partial charge in [-0.1, -0.05) is 30.2 Å². The average Bonchev–Trinajstić information content (AvgIpc) is 3.43. The van der Waals surface area contributed by atoms with Crippen LogP contribution < -0.4 is 5.32 Å².